The first kappa shape index (κ1) is 28.6. The Morgan fingerprint density at radius 2 is 1.27 bits per heavy atom. The summed E-state index contributed by atoms with van der Waals surface area (Å²) in [6.07, 6.45) is 1.07. The molecule has 0 heterocycles. The fourth-order valence-corrected chi connectivity index (χ4v) is 3.71. The van der Waals surface area contributed by atoms with E-state index in [-0.39, 0.29) is 6.61 Å². The first-order valence-electron chi connectivity index (χ1n) is 12.7. The van der Waals surface area contributed by atoms with Crippen LogP contribution in [0.4, 0.5) is 4.79 Å². The van der Waals surface area contributed by atoms with Crippen LogP contribution in [-0.4, -0.2) is 31.3 Å². The van der Waals surface area contributed by atoms with Gasteiger partial charge in [0.05, 0.1) is 25.0 Å². The highest BCUT2D eigenvalue weighted by Crippen LogP contribution is 2.27. The van der Waals surface area contributed by atoms with Crippen molar-refractivity contribution in [3.8, 4) is 28.4 Å². The zero-order valence-corrected chi connectivity index (χ0v) is 22.5. The molecule has 41 heavy (non-hydrogen) atoms. The Morgan fingerprint density at radius 3 is 1.85 bits per heavy atom. The normalized spacial score (nSPS) is 10.4. The van der Waals surface area contributed by atoms with E-state index in [0.29, 0.717) is 41.4 Å². The number of fused-ring (bicyclic) bond motifs is 1. The molecule has 4 aromatic carbocycles. The average molecular weight is 553 g/mol. The standard InChI is InChI=1S/C33H28O8/c1-4-37-18-5-19-38-33(36)41-28-14-10-24(11-15-28)23-6-8-25(9-7-23)32(35)40-30-17-13-26-20-29(16-12-27(26)21-30)39-31(34)22(2)3/h4,6-17,20-21H,1-2,5,18-19H2,3H3. The van der Waals surface area contributed by atoms with E-state index in [1.807, 2.05) is 0 Å². The van der Waals surface area contributed by atoms with Crippen molar-refractivity contribution in [3.05, 3.63) is 115 Å². The molecule has 0 aliphatic carbocycles. The molecule has 0 fully saturated rings. The second-order valence-corrected chi connectivity index (χ2v) is 8.92. The predicted molar refractivity (Wildman–Crippen MR) is 154 cm³/mol. The molecule has 0 atom stereocenters. The summed E-state index contributed by atoms with van der Waals surface area (Å²) in [5.41, 5.74) is 2.43. The molecule has 0 saturated heterocycles. The van der Waals surface area contributed by atoms with Gasteiger partial charge in [-0.1, -0.05) is 49.6 Å². The molecule has 0 spiro atoms. The number of rotatable bonds is 11. The lowest BCUT2D eigenvalue weighted by molar-refractivity contribution is -0.130. The number of ether oxygens (including phenoxy) is 5. The quantitative estimate of drug-likeness (QED) is 0.0478. The largest absolute Gasteiger partial charge is 0.513 e. The first-order chi connectivity index (χ1) is 19.8. The molecule has 0 unspecified atom stereocenters. The van der Waals surface area contributed by atoms with E-state index < -0.39 is 18.1 Å². The molecule has 0 aliphatic rings. The van der Waals surface area contributed by atoms with Gasteiger partial charge in [-0.15, -0.1) is 0 Å². The molecule has 4 aromatic rings. The van der Waals surface area contributed by atoms with Crippen molar-refractivity contribution in [3.63, 3.8) is 0 Å². The van der Waals surface area contributed by atoms with Gasteiger partial charge in [0, 0.05) is 12.0 Å². The first-order valence-corrected chi connectivity index (χ1v) is 12.7. The van der Waals surface area contributed by atoms with Crippen molar-refractivity contribution in [1.82, 2.24) is 0 Å². The van der Waals surface area contributed by atoms with Crippen molar-refractivity contribution in [2.45, 2.75) is 13.3 Å². The Morgan fingerprint density at radius 1 is 0.707 bits per heavy atom. The molecule has 0 aromatic heterocycles. The van der Waals surface area contributed by atoms with Crippen molar-refractivity contribution in [1.29, 1.82) is 0 Å². The minimum absolute atomic E-state index is 0.177. The molecular formula is C33H28O8. The van der Waals surface area contributed by atoms with Gasteiger partial charge in [-0.25, -0.2) is 14.4 Å². The van der Waals surface area contributed by atoms with Crippen LogP contribution >= 0.6 is 0 Å². The van der Waals surface area contributed by atoms with Crippen LogP contribution in [0.2, 0.25) is 0 Å². The molecule has 4 rings (SSSR count). The van der Waals surface area contributed by atoms with E-state index in [9.17, 15) is 14.4 Å². The van der Waals surface area contributed by atoms with Gasteiger partial charge in [0.25, 0.3) is 0 Å². The lowest BCUT2D eigenvalue weighted by atomic mass is 10.0. The Balaban J connectivity index is 1.33. The third kappa shape index (κ3) is 8.06. The van der Waals surface area contributed by atoms with Gasteiger partial charge in [0.15, 0.2) is 0 Å². The molecule has 0 N–H and O–H groups in total. The maximum atomic E-state index is 12.8. The molecule has 8 heteroatoms. The molecule has 0 saturated carbocycles. The second kappa shape index (κ2) is 13.6. The second-order valence-electron chi connectivity index (χ2n) is 8.92. The summed E-state index contributed by atoms with van der Waals surface area (Å²) < 4.78 is 26.0. The van der Waals surface area contributed by atoms with E-state index in [1.165, 1.54) is 6.26 Å². The third-order valence-corrected chi connectivity index (χ3v) is 5.81. The minimum atomic E-state index is -0.792. The monoisotopic (exact) mass is 552 g/mol. The van der Waals surface area contributed by atoms with Crippen LogP contribution in [0.25, 0.3) is 21.9 Å². The number of esters is 2. The number of benzene rings is 4. The fourth-order valence-electron chi connectivity index (χ4n) is 3.71. The zero-order chi connectivity index (χ0) is 29.2. The van der Waals surface area contributed by atoms with Crippen LogP contribution < -0.4 is 14.2 Å². The van der Waals surface area contributed by atoms with E-state index in [2.05, 4.69) is 13.2 Å². The number of hydrogen-bond donors (Lipinski definition) is 0. The maximum Gasteiger partial charge on any atom is 0.513 e. The van der Waals surface area contributed by atoms with Crippen molar-refractivity contribution < 1.29 is 38.1 Å². The van der Waals surface area contributed by atoms with Gasteiger partial charge in [0.2, 0.25) is 0 Å². The van der Waals surface area contributed by atoms with Crippen LogP contribution in [0, 0.1) is 0 Å². The summed E-state index contributed by atoms with van der Waals surface area (Å²) in [5, 5.41) is 1.64. The molecule has 8 nitrogen and oxygen atoms in total. The molecule has 208 valence electrons. The molecule has 0 aliphatic heterocycles. The Hall–Kier alpha value is -5.37. The fraction of sp³-hybridized carbons (Fsp3) is 0.121. The summed E-state index contributed by atoms with van der Waals surface area (Å²) in [5.74, 6) is 0.146. The van der Waals surface area contributed by atoms with Crippen LogP contribution in [-0.2, 0) is 14.3 Å². The molecular weight excluding hydrogens is 524 g/mol. The van der Waals surface area contributed by atoms with E-state index in [1.54, 1.807) is 91.9 Å². The summed E-state index contributed by atoms with van der Waals surface area (Å²) in [4.78, 5) is 36.3. The Bertz CT molecular complexity index is 1570. The topological polar surface area (TPSA) is 97.4 Å². The molecule has 0 radical (unpaired) electrons. The number of carbonyl (C=O) groups is 3. The highest BCUT2D eigenvalue weighted by Gasteiger charge is 2.12. The van der Waals surface area contributed by atoms with Crippen molar-refractivity contribution >= 4 is 28.9 Å². The van der Waals surface area contributed by atoms with Crippen molar-refractivity contribution in [2.75, 3.05) is 13.2 Å². The summed E-state index contributed by atoms with van der Waals surface area (Å²) in [7, 11) is 0. The van der Waals surface area contributed by atoms with E-state index in [0.717, 1.165) is 21.9 Å². The van der Waals surface area contributed by atoms with Crippen molar-refractivity contribution in [2.24, 2.45) is 0 Å². The van der Waals surface area contributed by atoms with E-state index in [4.69, 9.17) is 23.7 Å². The van der Waals surface area contributed by atoms with Gasteiger partial charge in [-0.3, -0.25) is 0 Å². The summed E-state index contributed by atoms with van der Waals surface area (Å²) >= 11 is 0. The number of carbonyl (C=O) groups excluding carboxylic acids is 3. The number of hydrogen-bond acceptors (Lipinski definition) is 8. The zero-order valence-electron chi connectivity index (χ0n) is 22.5. The third-order valence-electron chi connectivity index (χ3n) is 5.81. The van der Waals surface area contributed by atoms with E-state index >= 15 is 0 Å². The average Bonchev–Trinajstić information content (AvgIpc) is 2.97. The van der Waals surface area contributed by atoms with Crippen LogP contribution in [0.1, 0.15) is 23.7 Å². The Labute approximate surface area is 237 Å². The minimum Gasteiger partial charge on any atom is -0.502 e. The maximum absolute atomic E-state index is 12.8. The highest BCUT2D eigenvalue weighted by molar-refractivity contribution is 5.93. The SMILES string of the molecule is C=COCCCOC(=O)Oc1ccc(-c2ccc(C(=O)Oc3ccc4cc(OC(=O)C(=C)C)ccc4c3)cc2)cc1. The van der Waals surface area contributed by atoms with Gasteiger partial charge in [-0.05, 0) is 77.4 Å². The Kier molecular flexibility index (Phi) is 9.51. The predicted octanol–water partition coefficient (Wildman–Crippen LogP) is 7.27. The molecule has 0 bridgehead atoms. The lowest BCUT2D eigenvalue weighted by Crippen LogP contribution is -2.12. The van der Waals surface area contributed by atoms with Crippen LogP contribution in [0.15, 0.2) is 110 Å². The van der Waals surface area contributed by atoms with Gasteiger partial charge < -0.3 is 23.7 Å². The smallest absolute Gasteiger partial charge is 0.502 e. The van der Waals surface area contributed by atoms with Gasteiger partial charge >= 0.3 is 18.1 Å². The van der Waals surface area contributed by atoms with Gasteiger partial charge in [0.1, 0.15) is 17.2 Å². The van der Waals surface area contributed by atoms with Crippen LogP contribution in [0.3, 0.4) is 0 Å². The lowest BCUT2D eigenvalue weighted by Gasteiger charge is -2.09. The highest BCUT2D eigenvalue weighted by atomic mass is 16.7. The summed E-state index contributed by atoms with van der Waals surface area (Å²) in [6.45, 7) is 9.18. The molecule has 0 amide bonds. The van der Waals surface area contributed by atoms with Gasteiger partial charge in [-0.2, -0.15) is 0 Å². The summed E-state index contributed by atoms with van der Waals surface area (Å²) in [6, 6.07) is 24.3. The van der Waals surface area contributed by atoms with Crippen LogP contribution in [0.5, 0.6) is 17.2 Å².